The largest absolute Gasteiger partial charge is 0.497 e. The van der Waals surface area contributed by atoms with E-state index in [1.54, 1.807) is 25.3 Å². The molecule has 0 unspecified atom stereocenters. The topological polar surface area (TPSA) is 94.6 Å². The van der Waals surface area contributed by atoms with Crippen LogP contribution in [0.25, 0.3) is 10.9 Å². The van der Waals surface area contributed by atoms with Crippen molar-refractivity contribution in [1.82, 2.24) is 15.3 Å². The maximum absolute atomic E-state index is 13.6. The molecule has 2 aromatic carbocycles. The molecule has 4 rings (SSSR count). The summed E-state index contributed by atoms with van der Waals surface area (Å²) in [6, 6.07) is 7.77. The number of fused-ring (bicyclic) bond motifs is 1. The summed E-state index contributed by atoms with van der Waals surface area (Å²) in [5.41, 5.74) is 0.290. The van der Waals surface area contributed by atoms with Crippen LogP contribution in [0.15, 0.2) is 36.7 Å². The Balaban J connectivity index is 1.71. The molecule has 1 fully saturated rings. The number of benzene rings is 2. The monoisotopic (exact) mass is 474 g/mol. The van der Waals surface area contributed by atoms with Gasteiger partial charge in [-0.05, 0) is 37.6 Å². The Labute approximate surface area is 195 Å². The van der Waals surface area contributed by atoms with Gasteiger partial charge in [-0.2, -0.15) is 0 Å². The summed E-state index contributed by atoms with van der Waals surface area (Å²) in [5, 5.41) is 7.01. The number of rotatable bonds is 9. The fourth-order valence-corrected chi connectivity index (χ4v) is 4.07. The fourth-order valence-electron chi connectivity index (χ4n) is 3.88. The van der Waals surface area contributed by atoms with Crippen LogP contribution in [0.4, 0.5) is 15.9 Å². The molecule has 1 atom stereocenters. The van der Waals surface area contributed by atoms with Gasteiger partial charge in [0.05, 0.1) is 23.0 Å². The molecule has 10 heteroatoms. The second kappa shape index (κ2) is 9.86. The van der Waals surface area contributed by atoms with Crippen molar-refractivity contribution in [2.75, 3.05) is 39.3 Å². The SMILES string of the molecule is COCC(=O)[C@]1(COc2cc(OC)cc3ncnc(Nc4ccc(F)c(Cl)c4)c23)CCCN1. The highest BCUT2D eigenvalue weighted by atomic mass is 35.5. The van der Waals surface area contributed by atoms with Gasteiger partial charge in [0.2, 0.25) is 0 Å². The number of halogens is 2. The molecule has 2 heterocycles. The van der Waals surface area contributed by atoms with E-state index in [9.17, 15) is 9.18 Å². The molecule has 3 aromatic rings. The number of hydrogen-bond acceptors (Lipinski definition) is 8. The molecule has 174 valence electrons. The Hall–Kier alpha value is -3.01. The summed E-state index contributed by atoms with van der Waals surface area (Å²) < 4.78 is 30.3. The molecule has 1 saturated heterocycles. The van der Waals surface area contributed by atoms with E-state index in [0.29, 0.717) is 40.3 Å². The van der Waals surface area contributed by atoms with Crippen LogP contribution in [-0.2, 0) is 9.53 Å². The van der Waals surface area contributed by atoms with Gasteiger partial charge in [-0.25, -0.2) is 14.4 Å². The predicted molar refractivity (Wildman–Crippen MR) is 123 cm³/mol. The summed E-state index contributed by atoms with van der Waals surface area (Å²) in [6.07, 6.45) is 2.91. The van der Waals surface area contributed by atoms with Crippen LogP contribution < -0.4 is 20.1 Å². The van der Waals surface area contributed by atoms with Crippen LogP contribution in [0.1, 0.15) is 12.8 Å². The predicted octanol–water partition coefficient (Wildman–Crippen LogP) is 3.89. The maximum atomic E-state index is 13.6. The van der Waals surface area contributed by atoms with Crippen molar-refractivity contribution >= 4 is 39.8 Å². The molecule has 1 aromatic heterocycles. The zero-order valence-electron chi connectivity index (χ0n) is 18.3. The molecule has 1 aliphatic heterocycles. The van der Waals surface area contributed by atoms with E-state index in [1.165, 1.54) is 25.6 Å². The van der Waals surface area contributed by atoms with Crippen LogP contribution in [0.5, 0.6) is 11.5 Å². The average Bonchev–Trinajstić information content (AvgIpc) is 3.30. The highest BCUT2D eigenvalue weighted by Crippen LogP contribution is 2.36. The Morgan fingerprint density at radius 1 is 1.27 bits per heavy atom. The minimum atomic E-state index is -0.834. The number of aromatic nitrogens is 2. The van der Waals surface area contributed by atoms with E-state index >= 15 is 0 Å². The lowest BCUT2D eigenvalue weighted by atomic mass is 9.93. The Kier molecular flexibility index (Phi) is 6.92. The molecule has 0 bridgehead atoms. The quantitative estimate of drug-likeness (QED) is 0.482. The molecule has 0 radical (unpaired) electrons. The summed E-state index contributed by atoms with van der Waals surface area (Å²) in [4.78, 5) is 21.5. The van der Waals surface area contributed by atoms with E-state index in [0.717, 1.165) is 13.0 Å². The standard InChI is InChI=1S/C23H24ClFN4O4/c1-31-11-20(30)23(6-3-7-28-23)12-33-19-10-15(32-2)9-18-21(19)22(27-13-26-18)29-14-4-5-17(25)16(24)8-14/h4-5,8-10,13,28H,3,6-7,11-12H2,1-2H3,(H,26,27,29)/t23-/m1/s1. The average molecular weight is 475 g/mol. The van der Waals surface area contributed by atoms with Gasteiger partial charge in [0.1, 0.15) is 48.2 Å². The Morgan fingerprint density at radius 2 is 2.12 bits per heavy atom. The Morgan fingerprint density at radius 3 is 2.82 bits per heavy atom. The van der Waals surface area contributed by atoms with Crippen molar-refractivity contribution in [1.29, 1.82) is 0 Å². The number of Topliss-reactive ketones (excluding diaryl/α,β-unsaturated/α-hetero) is 1. The minimum absolute atomic E-state index is 0.00351. The summed E-state index contributed by atoms with van der Waals surface area (Å²) in [5.74, 6) is 0.850. The van der Waals surface area contributed by atoms with E-state index in [-0.39, 0.29) is 24.0 Å². The van der Waals surface area contributed by atoms with Crippen LogP contribution in [0.2, 0.25) is 5.02 Å². The molecular formula is C23H24ClFN4O4. The van der Waals surface area contributed by atoms with Crippen molar-refractivity contribution in [2.24, 2.45) is 0 Å². The summed E-state index contributed by atoms with van der Waals surface area (Å²) in [7, 11) is 3.04. The minimum Gasteiger partial charge on any atom is -0.497 e. The van der Waals surface area contributed by atoms with E-state index < -0.39 is 11.4 Å². The lowest BCUT2D eigenvalue weighted by molar-refractivity contribution is -0.129. The number of ketones is 1. The van der Waals surface area contributed by atoms with Crippen molar-refractivity contribution in [2.45, 2.75) is 18.4 Å². The van der Waals surface area contributed by atoms with Crippen molar-refractivity contribution in [3.8, 4) is 11.5 Å². The number of anilines is 2. The highest BCUT2D eigenvalue weighted by Gasteiger charge is 2.41. The lowest BCUT2D eigenvalue weighted by Crippen LogP contribution is -2.53. The van der Waals surface area contributed by atoms with Gasteiger partial charge >= 0.3 is 0 Å². The molecule has 0 saturated carbocycles. The number of nitrogens with one attached hydrogen (secondary N) is 2. The van der Waals surface area contributed by atoms with Crippen LogP contribution in [0.3, 0.4) is 0 Å². The zero-order chi connectivity index (χ0) is 23.4. The second-order valence-electron chi connectivity index (χ2n) is 7.75. The molecule has 8 nitrogen and oxygen atoms in total. The van der Waals surface area contributed by atoms with Crippen LogP contribution in [-0.4, -0.2) is 55.3 Å². The molecule has 1 aliphatic rings. The number of ether oxygens (including phenoxy) is 3. The lowest BCUT2D eigenvalue weighted by Gasteiger charge is -2.28. The third kappa shape index (κ3) is 4.85. The Bertz CT molecular complexity index is 1170. The molecule has 0 amide bonds. The fraction of sp³-hybridized carbons (Fsp3) is 0.348. The summed E-state index contributed by atoms with van der Waals surface area (Å²) in [6.45, 7) is 0.823. The molecule has 0 spiro atoms. The molecular weight excluding hydrogens is 451 g/mol. The van der Waals surface area contributed by atoms with Crippen molar-refractivity contribution in [3.05, 3.63) is 47.5 Å². The van der Waals surface area contributed by atoms with Gasteiger partial charge in [-0.3, -0.25) is 4.79 Å². The number of nitrogens with zero attached hydrogens (tertiary/aromatic N) is 2. The van der Waals surface area contributed by atoms with Gasteiger partial charge < -0.3 is 24.8 Å². The van der Waals surface area contributed by atoms with E-state index in [1.807, 2.05) is 0 Å². The number of methoxy groups -OCH3 is 2. The van der Waals surface area contributed by atoms with Gasteiger partial charge in [0.25, 0.3) is 0 Å². The number of hydrogen-bond donors (Lipinski definition) is 2. The third-order valence-corrected chi connectivity index (χ3v) is 5.91. The second-order valence-corrected chi connectivity index (χ2v) is 8.16. The zero-order valence-corrected chi connectivity index (χ0v) is 19.0. The number of carbonyl (C=O) groups is 1. The smallest absolute Gasteiger partial charge is 0.181 e. The van der Waals surface area contributed by atoms with Crippen molar-refractivity contribution < 1.29 is 23.4 Å². The van der Waals surface area contributed by atoms with E-state index in [4.69, 9.17) is 25.8 Å². The highest BCUT2D eigenvalue weighted by molar-refractivity contribution is 6.31. The van der Waals surface area contributed by atoms with Gasteiger partial charge in [0.15, 0.2) is 5.78 Å². The van der Waals surface area contributed by atoms with Crippen molar-refractivity contribution in [3.63, 3.8) is 0 Å². The first-order valence-corrected chi connectivity index (χ1v) is 10.8. The normalized spacial score (nSPS) is 17.8. The maximum Gasteiger partial charge on any atom is 0.181 e. The third-order valence-electron chi connectivity index (χ3n) is 5.62. The summed E-state index contributed by atoms with van der Waals surface area (Å²) >= 11 is 5.92. The van der Waals surface area contributed by atoms with Crippen LogP contribution >= 0.6 is 11.6 Å². The first-order chi connectivity index (χ1) is 16.0. The van der Waals surface area contributed by atoms with Crippen LogP contribution in [0, 0.1) is 5.82 Å². The van der Waals surface area contributed by atoms with Gasteiger partial charge in [0, 0.05) is 24.9 Å². The molecule has 2 N–H and O–H groups in total. The molecule has 0 aliphatic carbocycles. The number of carbonyl (C=O) groups excluding carboxylic acids is 1. The first-order valence-electron chi connectivity index (χ1n) is 10.4. The van der Waals surface area contributed by atoms with Gasteiger partial charge in [-0.15, -0.1) is 0 Å². The first kappa shape index (κ1) is 23.2. The van der Waals surface area contributed by atoms with Gasteiger partial charge in [-0.1, -0.05) is 11.6 Å². The van der Waals surface area contributed by atoms with E-state index in [2.05, 4.69) is 20.6 Å². The molecule has 33 heavy (non-hydrogen) atoms.